The van der Waals surface area contributed by atoms with E-state index in [-0.39, 0.29) is 0 Å². The first-order valence-electron chi connectivity index (χ1n) is 3.42. The molecule has 0 heterocycles. The minimum absolute atomic E-state index is 0.513. The van der Waals surface area contributed by atoms with Crippen LogP contribution in [0.25, 0.3) is 6.08 Å². The Hall–Kier alpha value is -1.37. The summed E-state index contributed by atoms with van der Waals surface area (Å²) >= 11 is 0. The monoisotopic (exact) mass is 148 g/mol. The Labute approximate surface area is 65.7 Å². The van der Waals surface area contributed by atoms with Gasteiger partial charge >= 0.3 is 0 Å². The molecule has 0 N–H and O–H groups in total. The molecule has 0 saturated carbocycles. The highest BCUT2D eigenvalue weighted by Crippen LogP contribution is 2.00. The van der Waals surface area contributed by atoms with E-state index in [1.54, 1.807) is 6.08 Å². The van der Waals surface area contributed by atoms with Crippen LogP contribution in [0.15, 0.2) is 48.8 Å². The third-order valence-corrected chi connectivity index (χ3v) is 1.27. The highest BCUT2D eigenvalue weighted by atomic mass is 19.1. The van der Waals surface area contributed by atoms with Crippen LogP contribution in [0.5, 0.6) is 0 Å². The van der Waals surface area contributed by atoms with Gasteiger partial charge in [0, 0.05) is 0 Å². The first-order chi connectivity index (χ1) is 5.43. The molecule has 56 valence electrons. The van der Waals surface area contributed by atoms with Crippen molar-refractivity contribution in [2.45, 2.75) is 0 Å². The highest BCUT2D eigenvalue weighted by Gasteiger charge is 1.78. The minimum Gasteiger partial charge on any atom is -0.216 e. The molecular weight excluding hydrogens is 139 g/mol. The molecule has 0 fully saturated rings. The summed E-state index contributed by atoms with van der Waals surface area (Å²) in [6, 6.07) is 9.76. The van der Waals surface area contributed by atoms with Crippen molar-refractivity contribution < 1.29 is 4.39 Å². The van der Waals surface area contributed by atoms with Crippen LogP contribution < -0.4 is 0 Å². The van der Waals surface area contributed by atoms with Gasteiger partial charge in [-0.1, -0.05) is 42.5 Å². The third-order valence-electron chi connectivity index (χ3n) is 1.27. The SMILES string of the molecule is F/C=C\C=C\c1ccccc1. The van der Waals surface area contributed by atoms with E-state index in [0.717, 1.165) is 5.56 Å². The third kappa shape index (κ3) is 2.80. The Morgan fingerprint density at radius 3 is 2.36 bits per heavy atom. The lowest BCUT2D eigenvalue weighted by Gasteiger charge is -1.87. The number of benzene rings is 1. The maximum Gasteiger partial charge on any atom is 0.0866 e. The molecule has 1 rings (SSSR count). The number of hydrogen-bond donors (Lipinski definition) is 0. The molecule has 0 aliphatic rings. The molecule has 0 aliphatic heterocycles. The Bertz CT molecular complexity index is 247. The first kappa shape index (κ1) is 7.73. The van der Waals surface area contributed by atoms with Crippen LogP contribution in [-0.2, 0) is 0 Å². The topological polar surface area (TPSA) is 0 Å². The second-order valence-corrected chi connectivity index (χ2v) is 2.09. The lowest BCUT2D eigenvalue weighted by molar-refractivity contribution is 0.721. The largest absolute Gasteiger partial charge is 0.216 e. The maximum atomic E-state index is 11.5. The van der Waals surface area contributed by atoms with Crippen LogP contribution in [0.2, 0.25) is 0 Å². The molecule has 11 heavy (non-hydrogen) atoms. The number of rotatable bonds is 2. The molecule has 0 amide bonds. The molecule has 1 aromatic carbocycles. The summed E-state index contributed by atoms with van der Waals surface area (Å²) in [6.07, 6.45) is 5.37. The van der Waals surface area contributed by atoms with Gasteiger partial charge in [0.1, 0.15) is 0 Å². The van der Waals surface area contributed by atoms with E-state index in [1.807, 2.05) is 36.4 Å². The maximum absolute atomic E-state index is 11.5. The van der Waals surface area contributed by atoms with E-state index < -0.39 is 0 Å². The van der Waals surface area contributed by atoms with E-state index >= 15 is 0 Å². The predicted octanol–water partition coefficient (Wildman–Crippen LogP) is 3.18. The summed E-state index contributed by atoms with van der Waals surface area (Å²) in [5.74, 6) is 0. The molecule has 0 aliphatic carbocycles. The lowest BCUT2D eigenvalue weighted by atomic mass is 10.2. The van der Waals surface area contributed by atoms with Crippen LogP contribution in [0.4, 0.5) is 4.39 Å². The highest BCUT2D eigenvalue weighted by molar-refractivity contribution is 5.50. The van der Waals surface area contributed by atoms with Gasteiger partial charge in [-0.3, -0.25) is 0 Å². The van der Waals surface area contributed by atoms with Gasteiger partial charge < -0.3 is 0 Å². The van der Waals surface area contributed by atoms with Gasteiger partial charge in [-0.05, 0) is 11.6 Å². The molecule has 0 atom stereocenters. The molecule has 0 aromatic heterocycles. The van der Waals surface area contributed by atoms with E-state index in [2.05, 4.69) is 0 Å². The van der Waals surface area contributed by atoms with Crippen LogP contribution in [0, 0.1) is 0 Å². The van der Waals surface area contributed by atoms with E-state index in [0.29, 0.717) is 6.33 Å². The first-order valence-corrected chi connectivity index (χ1v) is 3.42. The summed E-state index contributed by atoms with van der Waals surface area (Å²) in [5.41, 5.74) is 1.07. The van der Waals surface area contributed by atoms with Crippen molar-refractivity contribution in [2.24, 2.45) is 0 Å². The molecule has 0 spiro atoms. The zero-order valence-corrected chi connectivity index (χ0v) is 6.07. The van der Waals surface area contributed by atoms with Gasteiger partial charge in [0.2, 0.25) is 0 Å². The zero-order valence-electron chi connectivity index (χ0n) is 6.07. The van der Waals surface area contributed by atoms with Crippen molar-refractivity contribution >= 4 is 6.08 Å². The second-order valence-electron chi connectivity index (χ2n) is 2.09. The minimum atomic E-state index is 0.513. The zero-order chi connectivity index (χ0) is 7.94. The van der Waals surface area contributed by atoms with Gasteiger partial charge in [-0.2, -0.15) is 0 Å². The standard InChI is InChI=1S/C10H9F/c11-9-5-4-8-10-6-2-1-3-7-10/h1-9H/b8-4+,9-5-. The molecular formula is C10H9F. The predicted molar refractivity (Wildman–Crippen MR) is 45.7 cm³/mol. The van der Waals surface area contributed by atoms with Crippen molar-refractivity contribution in [3.05, 3.63) is 54.4 Å². The fourth-order valence-electron chi connectivity index (χ4n) is 0.773. The van der Waals surface area contributed by atoms with Gasteiger partial charge in [0.15, 0.2) is 0 Å². The molecule has 1 heteroatoms. The van der Waals surface area contributed by atoms with Crippen molar-refractivity contribution in [3.63, 3.8) is 0 Å². The smallest absolute Gasteiger partial charge is 0.0866 e. The normalized spacial score (nSPS) is 11.4. The molecule has 0 saturated heterocycles. The van der Waals surface area contributed by atoms with Crippen molar-refractivity contribution in [3.8, 4) is 0 Å². The van der Waals surface area contributed by atoms with Gasteiger partial charge in [-0.15, -0.1) is 0 Å². The molecule has 1 aromatic rings. The van der Waals surface area contributed by atoms with Crippen LogP contribution in [0.3, 0.4) is 0 Å². The summed E-state index contributed by atoms with van der Waals surface area (Å²) < 4.78 is 11.5. The Morgan fingerprint density at radius 1 is 1.00 bits per heavy atom. The van der Waals surface area contributed by atoms with Crippen molar-refractivity contribution in [1.29, 1.82) is 0 Å². The van der Waals surface area contributed by atoms with Crippen molar-refractivity contribution in [2.75, 3.05) is 0 Å². The second kappa shape index (κ2) is 4.45. The van der Waals surface area contributed by atoms with Gasteiger partial charge in [0.25, 0.3) is 0 Å². The van der Waals surface area contributed by atoms with Crippen LogP contribution in [-0.4, -0.2) is 0 Å². The number of halogens is 1. The van der Waals surface area contributed by atoms with Gasteiger partial charge in [-0.25, -0.2) is 4.39 Å². The van der Waals surface area contributed by atoms with E-state index in [4.69, 9.17) is 0 Å². The van der Waals surface area contributed by atoms with E-state index in [9.17, 15) is 4.39 Å². The summed E-state index contributed by atoms with van der Waals surface area (Å²) in [7, 11) is 0. The summed E-state index contributed by atoms with van der Waals surface area (Å²) in [4.78, 5) is 0. The molecule has 0 bridgehead atoms. The average Bonchev–Trinajstić information content (AvgIpc) is 2.07. The van der Waals surface area contributed by atoms with Crippen molar-refractivity contribution in [1.82, 2.24) is 0 Å². The number of hydrogen-bond acceptors (Lipinski definition) is 0. The average molecular weight is 148 g/mol. The molecule has 0 radical (unpaired) electrons. The summed E-state index contributed by atoms with van der Waals surface area (Å²) in [5, 5.41) is 0. The molecule has 0 unspecified atom stereocenters. The lowest BCUT2D eigenvalue weighted by Crippen LogP contribution is -1.66. The van der Waals surface area contributed by atoms with Gasteiger partial charge in [0.05, 0.1) is 6.33 Å². The Balaban J connectivity index is 2.64. The quantitative estimate of drug-likeness (QED) is 0.565. The fraction of sp³-hybridized carbons (Fsp3) is 0. The van der Waals surface area contributed by atoms with Crippen LogP contribution >= 0.6 is 0 Å². The summed E-state index contributed by atoms with van der Waals surface area (Å²) in [6.45, 7) is 0. The Morgan fingerprint density at radius 2 is 1.73 bits per heavy atom. The fourth-order valence-corrected chi connectivity index (χ4v) is 0.773. The Kier molecular flexibility index (Phi) is 3.13. The van der Waals surface area contributed by atoms with Crippen LogP contribution in [0.1, 0.15) is 5.56 Å². The van der Waals surface area contributed by atoms with E-state index in [1.165, 1.54) is 6.08 Å². The molecule has 0 nitrogen and oxygen atoms in total. The number of allylic oxidation sites excluding steroid dienone is 2.